The van der Waals surface area contributed by atoms with E-state index in [1.54, 1.807) is 6.07 Å². The number of carbonyl (C=O) groups excluding carboxylic acids is 3. The number of ether oxygens (including phenoxy) is 1. The molecule has 1 saturated heterocycles. The van der Waals surface area contributed by atoms with E-state index in [4.69, 9.17) is 5.73 Å². The Bertz CT molecular complexity index is 1340. The molecule has 182 valence electrons. The number of rotatable bonds is 8. The van der Waals surface area contributed by atoms with Crippen molar-refractivity contribution in [1.82, 2.24) is 19.7 Å². The lowest BCUT2D eigenvalue weighted by molar-refractivity contribution is -0.139. The molecule has 3 aromatic rings. The normalized spacial score (nSPS) is 20.8. The Morgan fingerprint density at radius 3 is 2.74 bits per heavy atom. The third-order valence-electron chi connectivity index (χ3n) is 6.46. The van der Waals surface area contributed by atoms with Crippen molar-refractivity contribution in [2.45, 2.75) is 44.5 Å². The minimum atomic E-state index is -3.20. The number of likely N-dealkylation sites (tertiary alicyclic amines) is 1. The number of alkyl halides is 2. The van der Waals surface area contributed by atoms with Crippen molar-refractivity contribution >= 4 is 28.5 Å². The molecular formula is C23H20F3N5O4. The summed E-state index contributed by atoms with van der Waals surface area (Å²) in [5, 5.41) is 4.62. The number of ketones is 1. The van der Waals surface area contributed by atoms with E-state index in [2.05, 4.69) is 14.8 Å². The maximum atomic E-state index is 14.6. The zero-order valence-corrected chi connectivity index (χ0v) is 18.2. The monoisotopic (exact) mass is 487 g/mol. The molecule has 2 aliphatic rings. The first-order valence-electron chi connectivity index (χ1n) is 10.9. The molecule has 5 rings (SSSR count). The lowest BCUT2D eigenvalue weighted by Gasteiger charge is -2.27. The molecule has 1 aliphatic carbocycles. The van der Waals surface area contributed by atoms with Crippen LogP contribution < -0.4 is 10.5 Å². The van der Waals surface area contributed by atoms with Gasteiger partial charge in [0.2, 0.25) is 5.91 Å². The number of carbonyl (C=O) groups is 3. The van der Waals surface area contributed by atoms with Gasteiger partial charge in [0.15, 0.2) is 23.0 Å². The number of Topliss-reactive ketones (excluding diaryl/α,β-unsaturated/α-hetero) is 1. The smallest absolute Gasteiger partial charge is 0.387 e. The molecule has 1 aromatic carbocycles. The first-order chi connectivity index (χ1) is 16.7. The number of aromatic nitrogens is 3. The summed E-state index contributed by atoms with van der Waals surface area (Å²) < 4.78 is 45.1. The molecule has 2 amide bonds. The second kappa shape index (κ2) is 8.67. The van der Waals surface area contributed by atoms with E-state index in [1.165, 1.54) is 34.1 Å². The van der Waals surface area contributed by atoms with Gasteiger partial charge < -0.3 is 15.4 Å². The summed E-state index contributed by atoms with van der Waals surface area (Å²) in [7, 11) is 0. The van der Waals surface area contributed by atoms with Crippen LogP contribution in [0.15, 0.2) is 36.7 Å². The summed E-state index contributed by atoms with van der Waals surface area (Å²) in [6, 6.07) is 4.39. The van der Waals surface area contributed by atoms with Crippen LogP contribution >= 0.6 is 0 Å². The van der Waals surface area contributed by atoms with Crippen LogP contribution in [0.2, 0.25) is 0 Å². The average Bonchev–Trinajstić information content (AvgIpc) is 3.31. The van der Waals surface area contributed by atoms with Gasteiger partial charge in [-0.1, -0.05) is 12.1 Å². The number of halogens is 3. The van der Waals surface area contributed by atoms with Gasteiger partial charge in [0.05, 0.1) is 17.8 Å². The van der Waals surface area contributed by atoms with Crippen molar-refractivity contribution < 1.29 is 32.3 Å². The van der Waals surface area contributed by atoms with E-state index >= 15 is 0 Å². The fraction of sp³-hybridized carbons (Fsp3) is 0.348. The van der Waals surface area contributed by atoms with Gasteiger partial charge >= 0.3 is 6.61 Å². The summed E-state index contributed by atoms with van der Waals surface area (Å²) in [6.45, 7) is -3.44. The van der Waals surface area contributed by atoms with Crippen LogP contribution in [0.5, 0.6) is 5.75 Å². The minimum Gasteiger partial charge on any atom is -0.432 e. The molecule has 0 bridgehead atoms. The van der Waals surface area contributed by atoms with Crippen molar-refractivity contribution in [3.8, 4) is 5.75 Å². The van der Waals surface area contributed by atoms with Crippen molar-refractivity contribution in [1.29, 1.82) is 0 Å². The van der Waals surface area contributed by atoms with Gasteiger partial charge in [-0.15, -0.1) is 0 Å². The second-order valence-corrected chi connectivity index (χ2v) is 8.63. The molecule has 12 heteroatoms. The highest BCUT2D eigenvalue weighted by atomic mass is 19.3. The topological polar surface area (TPSA) is 120 Å². The van der Waals surface area contributed by atoms with Gasteiger partial charge in [-0.25, -0.2) is 4.39 Å². The van der Waals surface area contributed by atoms with Crippen molar-refractivity contribution in [3.05, 3.63) is 53.7 Å². The Morgan fingerprint density at radius 1 is 1.20 bits per heavy atom. The second-order valence-electron chi connectivity index (χ2n) is 8.63. The van der Waals surface area contributed by atoms with E-state index in [0.29, 0.717) is 17.3 Å². The molecule has 3 heterocycles. The molecule has 1 saturated carbocycles. The Morgan fingerprint density at radius 2 is 2.00 bits per heavy atom. The number of fused-ring (bicyclic) bond motifs is 2. The van der Waals surface area contributed by atoms with E-state index in [9.17, 15) is 27.6 Å². The predicted octanol–water partition coefficient (Wildman–Crippen LogP) is 2.07. The van der Waals surface area contributed by atoms with Crippen LogP contribution in [0, 0.1) is 11.7 Å². The van der Waals surface area contributed by atoms with Crippen molar-refractivity contribution in [2.24, 2.45) is 11.7 Å². The Kier molecular flexibility index (Phi) is 5.65. The minimum absolute atomic E-state index is 0.00919. The Balaban J connectivity index is 1.36. The molecule has 2 N–H and O–H groups in total. The highest BCUT2D eigenvalue weighted by Crippen LogP contribution is 2.48. The molecule has 1 aliphatic heterocycles. The first kappa shape index (κ1) is 22.8. The summed E-state index contributed by atoms with van der Waals surface area (Å²) in [6.07, 6.45) is 3.77. The number of pyridine rings is 1. The van der Waals surface area contributed by atoms with Crippen LogP contribution in [0.4, 0.5) is 13.2 Å². The quantitative estimate of drug-likeness (QED) is 0.520. The number of hydrogen-bond acceptors (Lipinski definition) is 6. The molecule has 2 fully saturated rings. The third-order valence-corrected chi connectivity index (χ3v) is 6.46. The molecule has 2 aromatic heterocycles. The van der Waals surface area contributed by atoms with E-state index in [0.717, 1.165) is 12.5 Å². The maximum absolute atomic E-state index is 14.6. The number of nitrogens with two attached hydrogens (primary N) is 1. The third kappa shape index (κ3) is 4.19. The summed E-state index contributed by atoms with van der Waals surface area (Å²) in [5.41, 5.74) is 5.77. The lowest BCUT2D eigenvalue weighted by atomic mass is 9.99. The van der Waals surface area contributed by atoms with E-state index in [1.807, 2.05) is 0 Å². The lowest BCUT2D eigenvalue weighted by Crippen LogP contribution is -2.45. The van der Waals surface area contributed by atoms with E-state index in [-0.39, 0.29) is 42.1 Å². The largest absolute Gasteiger partial charge is 0.432 e. The maximum Gasteiger partial charge on any atom is 0.387 e. The number of primary amides is 1. The van der Waals surface area contributed by atoms with E-state index < -0.39 is 35.9 Å². The fourth-order valence-corrected chi connectivity index (χ4v) is 4.82. The first-order valence-corrected chi connectivity index (χ1v) is 10.9. The highest BCUT2D eigenvalue weighted by molar-refractivity contribution is 6.04. The number of hydrogen-bond donors (Lipinski definition) is 1. The average molecular weight is 487 g/mol. The van der Waals surface area contributed by atoms with Gasteiger partial charge in [0.25, 0.3) is 5.91 Å². The predicted molar refractivity (Wildman–Crippen MR) is 115 cm³/mol. The summed E-state index contributed by atoms with van der Waals surface area (Å²) in [5.74, 6) is -3.03. The van der Waals surface area contributed by atoms with Crippen LogP contribution in [-0.4, -0.2) is 56.0 Å². The number of benzene rings is 1. The molecule has 0 radical (unpaired) electrons. The number of amides is 2. The van der Waals surface area contributed by atoms with Crippen LogP contribution in [0.3, 0.4) is 0 Å². The van der Waals surface area contributed by atoms with Crippen LogP contribution in [0.1, 0.15) is 28.9 Å². The molecule has 9 nitrogen and oxygen atoms in total. The zero-order valence-electron chi connectivity index (χ0n) is 18.2. The molecule has 0 unspecified atom stereocenters. The van der Waals surface area contributed by atoms with Gasteiger partial charge in [-0.3, -0.25) is 24.0 Å². The Hall–Kier alpha value is -3.96. The van der Waals surface area contributed by atoms with Crippen LogP contribution in [-0.2, 0) is 22.6 Å². The molecular weight excluding hydrogens is 467 g/mol. The standard InChI is InChI=1S/C23H20F3N5O4/c24-20-11(2-1-3-18(20)35-23(25)26)8-17(32)15-7-12-6-14(12)31(15)19(33)10-30-16-9-28-5-4-13(16)21(29-30)22(27)34/h1-5,9,12,14-15,23H,6-8,10H2,(H2,27,34)/t12-,14-,15+/m1/s1. The van der Waals surface area contributed by atoms with Gasteiger partial charge in [0.1, 0.15) is 6.54 Å². The fourth-order valence-electron chi connectivity index (χ4n) is 4.82. The number of nitrogens with zero attached hydrogens (tertiary/aromatic N) is 4. The van der Waals surface area contributed by atoms with Crippen molar-refractivity contribution in [2.75, 3.05) is 0 Å². The van der Waals surface area contributed by atoms with Crippen molar-refractivity contribution in [3.63, 3.8) is 0 Å². The van der Waals surface area contributed by atoms with Gasteiger partial charge in [0, 0.05) is 24.0 Å². The highest BCUT2D eigenvalue weighted by Gasteiger charge is 2.55. The van der Waals surface area contributed by atoms with Gasteiger partial charge in [-0.05, 0) is 36.5 Å². The molecule has 0 spiro atoms. The number of piperidine rings is 1. The summed E-state index contributed by atoms with van der Waals surface area (Å²) >= 11 is 0. The molecule has 3 atom stereocenters. The Labute approximate surface area is 196 Å². The van der Waals surface area contributed by atoms with Gasteiger partial charge in [-0.2, -0.15) is 13.9 Å². The summed E-state index contributed by atoms with van der Waals surface area (Å²) in [4.78, 5) is 43.6. The SMILES string of the molecule is NC(=O)c1nn(CC(=O)N2[C@@H]3C[C@@H]3C[C@H]2C(=O)Cc2cccc(OC(F)F)c2F)c2cnccc12. The van der Waals surface area contributed by atoms with Crippen LogP contribution in [0.25, 0.3) is 10.9 Å². The zero-order chi connectivity index (χ0) is 24.9. The molecule has 35 heavy (non-hydrogen) atoms.